The number of pyridine rings is 1. The summed E-state index contributed by atoms with van der Waals surface area (Å²) >= 11 is 0. The summed E-state index contributed by atoms with van der Waals surface area (Å²) in [6, 6.07) is 24.6. The highest BCUT2D eigenvalue weighted by molar-refractivity contribution is 6.13. The third-order valence-electron chi connectivity index (χ3n) is 5.67. The Kier molecular flexibility index (Phi) is 4.86. The molecule has 0 saturated carbocycles. The number of carbonyl (C=O) groups excluding carboxylic acids is 2. The average molecular weight is 423 g/mol. The minimum absolute atomic E-state index is 0.162. The second-order valence-electron chi connectivity index (χ2n) is 7.53. The summed E-state index contributed by atoms with van der Waals surface area (Å²) in [5.74, 6) is 0.108. The molecular formula is C27H21NO4. The monoisotopic (exact) mass is 423 g/mol. The fraction of sp³-hybridized carbons (Fsp3) is 0.111. The van der Waals surface area contributed by atoms with Gasteiger partial charge in [-0.3, -0.25) is 4.79 Å². The molecule has 0 amide bonds. The van der Waals surface area contributed by atoms with Crippen molar-refractivity contribution in [3.8, 4) is 5.75 Å². The number of rotatable bonds is 5. The van der Waals surface area contributed by atoms with E-state index in [1.165, 1.54) is 0 Å². The van der Waals surface area contributed by atoms with Gasteiger partial charge < -0.3 is 13.9 Å². The molecule has 5 nitrogen and oxygen atoms in total. The molecule has 0 atom stereocenters. The maximum atomic E-state index is 13.7. The van der Waals surface area contributed by atoms with Gasteiger partial charge in [-0.2, -0.15) is 0 Å². The molecule has 0 N–H and O–H groups in total. The average Bonchev–Trinajstić information content (AvgIpc) is 3.23. The van der Waals surface area contributed by atoms with E-state index in [4.69, 9.17) is 9.47 Å². The van der Waals surface area contributed by atoms with Crippen molar-refractivity contribution in [1.82, 2.24) is 4.40 Å². The van der Waals surface area contributed by atoms with E-state index in [0.29, 0.717) is 22.3 Å². The van der Waals surface area contributed by atoms with E-state index in [9.17, 15) is 9.59 Å². The first-order valence-corrected chi connectivity index (χ1v) is 10.4. The Bertz CT molecular complexity index is 1510. The zero-order valence-corrected chi connectivity index (χ0v) is 17.8. The summed E-state index contributed by atoms with van der Waals surface area (Å²) in [7, 11) is 1.61. The lowest BCUT2D eigenvalue weighted by Crippen LogP contribution is -2.06. The fourth-order valence-electron chi connectivity index (χ4n) is 4.13. The number of hydrogen-bond donors (Lipinski definition) is 0. The van der Waals surface area contributed by atoms with Crippen molar-refractivity contribution < 1.29 is 19.1 Å². The predicted octanol–water partition coefficient (Wildman–Crippen LogP) is 5.66. The minimum Gasteiger partial charge on any atom is -0.497 e. The molecule has 2 aromatic heterocycles. The summed E-state index contributed by atoms with van der Waals surface area (Å²) in [6.07, 6.45) is 0. The summed E-state index contributed by atoms with van der Waals surface area (Å²) < 4.78 is 12.4. The van der Waals surface area contributed by atoms with Gasteiger partial charge in [-0.1, -0.05) is 42.5 Å². The van der Waals surface area contributed by atoms with E-state index in [1.54, 1.807) is 20.1 Å². The van der Waals surface area contributed by atoms with Gasteiger partial charge in [0.1, 0.15) is 5.75 Å². The van der Waals surface area contributed by atoms with Crippen LogP contribution in [0, 0.1) is 0 Å². The molecule has 5 heteroatoms. The molecule has 0 aliphatic carbocycles. The topological polar surface area (TPSA) is 57.0 Å². The number of nitrogens with zero attached hydrogens (tertiary/aromatic N) is 1. The molecule has 0 bridgehead atoms. The zero-order chi connectivity index (χ0) is 22.2. The van der Waals surface area contributed by atoms with E-state index in [0.717, 1.165) is 27.4 Å². The van der Waals surface area contributed by atoms with E-state index >= 15 is 0 Å². The number of ketones is 1. The molecular weight excluding hydrogens is 402 g/mol. The minimum atomic E-state index is -0.449. The lowest BCUT2D eigenvalue weighted by Gasteiger charge is -2.09. The molecule has 0 fully saturated rings. The van der Waals surface area contributed by atoms with Crippen LogP contribution in [0.5, 0.6) is 5.75 Å². The largest absolute Gasteiger partial charge is 0.497 e. The molecule has 3 aromatic carbocycles. The number of esters is 1. The van der Waals surface area contributed by atoms with Gasteiger partial charge in [-0.25, -0.2) is 4.79 Å². The van der Waals surface area contributed by atoms with Gasteiger partial charge in [0, 0.05) is 10.9 Å². The molecule has 0 saturated heterocycles. The van der Waals surface area contributed by atoms with Crippen molar-refractivity contribution in [3.05, 3.63) is 95.7 Å². The zero-order valence-electron chi connectivity index (χ0n) is 17.8. The Morgan fingerprint density at radius 1 is 0.812 bits per heavy atom. The van der Waals surface area contributed by atoms with Gasteiger partial charge in [0.15, 0.2) is 0 Å². The van der Waals surface area contributed by atoms with E-state index < -0.39 is 5.97 Å². The van der Waals surface area contributed by atoms with E-state index in [1.807, 2.05) is 77.2 Å². The first-order valence-electron chi connectivity index (χ1n) is 10.4. The molecule has 0 aliphatic heterocycles. The molecule has 158 valence electrons. The number of benzene rings is 3. The summed E-state index contributed by atoms with van der Waals surface area (Å²) in [5.41, 5.74) is 2.78. The number of hydrogen-bond acceptors (Lipinski definition) is 4. The molecule has 0 spiro atoms. The van der Waals surface area contributed by atoms with Crippen molar-refractivity contribution in [3.63, 3.8) is 0 Å². The maximum Gasteiger partial charge on any atom is 0.340 e. The normalized spacial score (nSPS) is 11.2. The highest BCUT2D eigenvalue weighted by Crippen LogP contribution is 2.29. The maximum absolute atomic E-state index is 13.7. The number of ether oxygens (including phenoxy) is 2. The smallest absolute Gasteiger partial charge is 0.340 e. The van der Waals surface area contributed by atoms with Crippen LogP contribution in [-0.4, -0.2) is 29.9 Å². The van der Waals surface area contributed by atoms with E-state index in [-0.39, 0.29) is 12.4 Å². The Balaban J connectivity index is 1.76. The van der Waals surface area contributed by atoms with Crippen molar-refractivity contribution in [2.75, 3.05) is 13.7 Å². The molecule has 0 unspecified atom stereocenters. The first kappa shape index (κ1) is 19.8. The quantitative estimate of drug-likeness (QED) is 0.270. The Morgan fingerprint density at radius 2 is 1.56 bits per heavy atom. The molecule has 0 aliphatic rings. The molecule has 5 rings (SSSR count). The Hall–Kier alpha value is -4.12. The van der Waals surface area contributed by atoms with Gasteiger partial charge in [-0.05, 0) is 54.1 Å². The molecule has 5 aromatic rings. The fourth-order valence-corrected chi connectivity index (χ4v) is 4.13. The van der Waals surface area contributed by atoms with Crippen molar-refractivity contribution in [2.45, 2.75) is 6.92 Å². The van der Waals surface area contributed by atoms with Crippen LogP contribution in [0.2, 0.25) is 0 Å². The first-order chi connectivity index (χ1) is 15.6. The van der Waals surface area contributed by atoms with Gasteiger partial charge in [0.05, 0.1) is 36.0 Å². The van der Waals surface area contributed by atoms with E-state index in [2.05, 4.69) is 0 Å². The second-order valence-corrected chi connectivity index (χ2v) is 7.53. The van der Waals surface area contributed by atoms with Crippen LogP contribution in [0.25, 0.3) is 27.2 Å². The summed E-state index contributed by atoms with van der Waals surface area (Å²) in [5, 5.41) is 2.95. The van der Waals surface area contributed by atoms with Gasteiger partial charge in [0.25, 0.3) is 0 Å². The number of carbonyl (C=O) groups is 2. The van der Waals surface area contributed by atoms with Crippen molar-refractivity contribution in [2.24, 2.45) is 0 Å². The Morgan fingerprint density at radius 3 is 2.34 bits per heavy atom. The highest BCUT2D eigenvalue weighted by Gasteiger charge is 2.23. The third-order valence-corrected chi connectivity index (χ3v) is 5.67. The number of methoxy groups -OCH3 is 1. The lowest BCUT2D eigenvalue weighted by atomic mass is 10.0. The van der Waals surface area contributed by atoms with Crippen LogP contribution < -0.4 is 4.74 Å². The summed E-state index contributed by atoms with van der Waals surface area (Å²) in [6.45, 7) is 2.02. The van der Waals surface area contributed by atoms with Gasteiger partial charge in [0.2, 0.25) is 5.78 Å². The van der Waals surface area contributed by atoms with Crippen LogP contribution in [0.4, 0.5) is 0 Å². The number of fused-ring (bicyclic) bond motifs is 4. The van der Waals surface area contributed by atoms with Crippen molar-refractivity contribution in [1.29, 1.82) is 0 Å². The summed E-state index contributed by atoms with van der Waals surface area (Å²) in [4.78, 5) is 26.3. The number of aromatic nitrogens is 1. The predicted molar refractivity (Wildman–Crippen MR) is 125 cm³/mol. The molecule has 32 heavy (non-hydrogen) atoms. The van der Waals surface area contributed by atoms with Crippen molar-refractivity contribution >= 4 is 38.9 Å². The lowest BCUT2D eigenvalue weighted by molar-refractivity contribution is 0.0529. The Labute approximate surface area is 184 Å². The second kappa shape index (κ2) is 7.85. The van der Waals surface area contributed by atoms with Gasteiger partial charge in [-0.15, -0.1) is 0 Å². The SMILES string of the molecule is CCOC(=O)c1cc(C(=O)c2ccc3ccccc3c2)n2c1ccc1cc(OC)ccc12. The highest BCUT2D eigenvalue weighted by atomic mass is 16.5. The van der Waals surface area contributed by atoms with Gasteiger partial charge >= 0.3 is 5.97 Å². The van der Waals surface area contributed by atoms with Crippen LogP contribution in [0.3, 0.4) is 0 Å². The molecule has 0 radical (unpaired) electrons. The van der Waals surface area contributed by atoms with Crippen LogP contribution >= 0.6 is 0 Å². The van der Waals surface area contributed by atoms with Crippen LogP contribution in [-0.2, 0) is 4.74 Å². The third kappa shape index (κ3) is 3.19. The molecule has 2 heterocycles. The standard InChI is InChI=1S/C27H21NO4/c1-3-32-27(30)22-16-25(26(29)20-9-8-17-6-4-5-7-18(17)14-20)28-23-13-11-21(31-2)15-19(23)10-12-24(22)28/h4-16H,3H2,1-2H3. The van der Waals surface area contributed by atoms with Crippen LogP contribution in [0.1, 0.15) is 33.3 Å². The van der Waals surface area contributed by atoms with Crippen LogP contribution in [0.15, 0.2) is 78.9 Å².